The minimum atomic E-state index is 0.0856. The number of halogens is 1. The van der Waals surface area contributed by atoms with Gasteiger partial charge in [0.1, 0.15) is 0 Å². The summed E-state index contributed by atoms with van der Waals surface area (Å²) in [6, 6.07) is 7.63. The van der Waals surface area contributed by atoms with Gasteiger partial charge in [0.2, 0.25) is 5.91 Å². The Hall–Kier alpha value is -0.830. The van der Waals surface area contributed by atoms with Crippen molar-refractivity contribution in [1.82, 2.24) is 0 Å². The zero-order valence-corrected chi connectivity index (χ0v) is 10.7. The molecule has 1 N–H and O–H groups in total. The molecular weight excluding hydrogens is 254 g/mol. The highest BCUT2D eigenvalue weighted by molar-refractivity contribution is 9.10. The van der Waals surface area contributed by atoms with E-state index in [9.17, 15) is 4.79 Å². The van der Waals surface area contributed by atoms with E-state index < -0.39 is 0 Å². The third kappa shape index (κ3) is 4.47. The molecule has 1 atom stereocenters. The first-order valence-corrected chi connectivity index (χ1v) is 5.96. The third-order valence-corrected chi connectivity index (χ3v) is 2.83. The van der Waals surface area contributed by atoms with Crippen molar-refractivity contribution < 1.29 is 4.79 Å². The zero-order valence-electron chi connectivity index (χ0n) is 9.09. The Labute approximate surface area is 99.2 Å². The summed E-state index contributed by atoms with van der Waals surface area (Å²) in [4.78, 5) is 11.6. The van der Waals surface area contributed by atoms with Gasteiger partial charge in [-0.05, 0) is 24.1 Å². The van der Waals surface area contributed by atoms with E-state index in [-0.39, 0.29) is 5.91 Å². The van der Waals surface area contributed by atoms with E-state index >= 15 is 0 Å². The van der Waals surface area contributed by atoms with E-state index in [0.717, 1.165) is 16.6 Å². The van der Waals surface area contributed by atoms with Gasteiger partial charge in [-0.25, -0.2) is 0 Å². The van der Waals surface area contributed by atoms with E-state index in [1.165, 1.54) is 0 Å². The maximum atomic E-state index is 11.6. The molecule has 0 aliphatic rings. The summed E-state index contributed by atoms with van der Waals surface area (Å²) in [5.74, 6) is 0.527. The molecule has 15 heavy (non-hydrogen) atoms. The van der Waals surface area contributed by atoms with Crippen LogP contribution in [0.3, 0.4) is 0 Å². The molecule has 0 aromatic heterocycles. The molecule has 0 aliphatic heterocycles. The highest BCUT2D eigenvalue weighted by Crippen LogP contribution is 2.16. The standard InChI is InChI=1S/C12H16BrNO/c1-3-9(2)7-12(15)14-11-6-4-5-10(13)8-11/h4-6,8-9H,3,7H2,1-2H3,(H,14,15). The van der Waals surface area contributed by atoms with Gasteiger partial charge in [-0.2, -0.15) is 0 Å². The molecule has 0 spiro atoms. The second-order valence-electron chi connectivity index (χ2n) is 3.78. The van der Waals surface area contributed by atoms with E-state index in [1.54, 1.807) is 0 Å². The third-order valence-electron chi connectivity index (χ3n) is 2.34. The van der Waals surface area contributed by atoms with Crippen molar-refractivity contribution in [2.45, 2.75) is 26.7 Å². The maximum absolute atomic E-state index is 11.6. The van der Waals surface area contributed by atoms with Crippen molar-refractivity contribution in [3.05, 3.63) is 28.7 Å². The Morgan fingerprint density at radius 3 is 2.87 bits per heavy atom. The van der Waals surface area contributed by atoms with E-state index in [1.807, 2.05) is 24.3 Å². The second kappa shape index (κ2) is 5.91. The number of hydrogen-bond donors (Lipinski definition) is 1. The molecule has 0 aliphatic carbocycles. The van der Waals surface area contributed by atoms with Gasteiger partial charge in [0.15, 0.2) is 0 Å². The van der Waals surface area contributed by atoms with Crippen LogP contribution < -0.4 is 5.32 Å². The molecule has 1 unspecified atom stereocenters. The summed E-state index contributed by atoms with van der Waals surface area (Å²) in [7, 11) is 0. The highest BCUT2D eigenvalue weighted by atomic mass is 79.9. The van der Waals surface area contributed by atoms with Crippen molar-refractivity contribution in [3.8, 4) is 0 Å². The van der Waals surface area contributed by atoms with Crippen LogP contribution in [0.2, 0.25) is 0 Å². The van der Waals surface area contributed by atoms with Crippen LogP contribution in [-0.2, 0) is 4.79 Å². The number of amides is 1. The fraction of sp³-hybridized carbons (Fsp3) is 0.417. The van der Waals surface area contributed by atoms with Crippen LogP contribution in [0.15, 0.2) is 28.7 Å². The molecule has 0 heterocycles. The number of benzene rings is 1. The maximum Gasteiger partial charge on any atom is 0.224 e. The number of nitrogens with one attached hydrogen (secondary N) is 1. The molecule has 1 amide bonds. The van der Waals surface area contributed by atoms with Gasteiger partial charge < -0.3 is 5.32 Å². The second-order valence-corrected chi connectivity index (χ2v) is 4.69. The molecule has 1 aromatic rings. The summed E-state index contributed by atoms with van der Waals surface area (Å²) in [5.41, 5.74) is 0.845. The quantitative estimate of drug-likeness (QED) is 0.885. The average Bonchev–Trinajstić information content (AvgIpc) is 2.17. The Morgan fingerprint density at radius 1 is 1.53 bits per heavy atom. The van der Waals surface area contributed by atoms with Gasteiger partial charge in [0, 0.05) is 16.6 Å². The van der Waals surface area contributed by atoms with Crippen LogP contribution in [0.25, 0.3) is 0 Å². The largest absolute Gasteiger partial charge is 0.326 e. The molecule has 82 valence electrons. The predicted octanol–water partition coefficient (Wildman–Crippen LogP) is 3.82. The van der Waals surface area contributed by atoms with Gasteiger partial charge in [0.05, 0.1) is 0 Å². The van der Waals surface area contributed by atoms with Gasteiger partial charge >= 0.3 is 0 Å². The lowest BCUT2D eigenvalue weighted by molar-refractivity contribution is -0.117. The highest BCUT2D eigenvalue weighted by Gasteiger charge is 2.07. The number of carbonyl (C=O) groups is 1. The van der Waals surface area contributed by atoms with Crippen molar-refractivity contribution >= 4 is 27.5 Å². The number of hydrogen-bond acceptors (Lipinski definition) is 1. The molecule has 0 radical (unpaired) electrons. The minimum Gasteiger partial charge on any atom is -0.326 e. The number of carbonyl (C=O) groups excluding carboxylic acids is 1. The Kier molecular flexibility index (Phi) is 4.82. The lowest BCUT2D eigenvalue weighted by Crippen LogP contribution is -2.14. The van der Waals surface area contributed by atoms with Crippen molar-refractivity contribution in [3.63, 3.8) is 0 Å². The van der Waals surface area contributed by atoms with Crippen LogP contribution in [0.5, 0.6) is 0 Å². The van der Waals surface area contributed by atoms with E-state index in [4.69, 9.17) is 0 Å². The normalized spacial score (nSPS) is 12.2. The Bertz CT molecular complexity index is 338. The lowest BCUT2D eigenvalue weighted by Gasteiger charge is -2.09. The van der Waals surface area contributed by atoms with Crippen LogP contribution in [0.4, 0.5) is 5.69 Å². The molecular formula is C12H16BrNO. The molecule has 0 fully saturated rings. The van der Waals surface area contributed by atoms with Crippen LogP contribution in [-0.4, -0.2) is 5.91 Å². The minimum absolute atomic E-state index is 0.0856. The number of rotatable bonds is 4. The summed E-state index contributed by atoms with van der Waals surface area (Å²) < 4.78 is 0.976. The summed E-state index contributed by atoms with van der Waals surface area (Å²) >= 11 is 3.37. The van der Waals surface area contributed by atoms with Crippen molar-refractivity contribution in [2.24, 2.45) is 5.92 Å². The van der Waals surface area contributed by atoms with Crippen molar-refractivity contribution in [1.29, 1.82) is 0 Å². The van der Waals surface area contributed by atoms with Crippen LogP contribution >= 0.6 is 15.9 Å². The van der Waals surface area contributed by atoms with Crippen molar-refractivity contribution in [2.75, 3.05) is 5.32 Å². The monoisotopic (exact) mass is 269 g/mol. The summed E-state index contributed by atoms with van der Waals surface area (Å²) in [5, 5.41) is 2.88. The first-order chi connectivity index (χ1) is 7.11. The van der Waals surface area contributed by atoms with E-state index in [2.05, 4.69) is 35.1 Å². The van der Waals surface area contributed by atoms with Gasteiger partial charge in [-0.15, -0.1) is 0 Å². The molecule has 2 nitrogen and oxygen atoms in total. The van der Waals surface area contributed by atoms with Gasteiger partial charge in [-0.1, -0.05) is 42.3 Å². The molecule has 0 saturated carbocycles. The first-order valence-electron chi connectivity index (χ1n) is 5.17. The van der Waals surface area contributed by atoms with Crippen LogP contribution in [0.1, 0.15) is 26.7 Å². The van der Waals surface area contributed by atoms with Crippen LogP contribution in [0, 0.1) is 5.92 Å². The Balaban J connectivity index is 2.51. The molecule has 0 saturated heterocycles. The fourth-order valence-electron chi connectivity index (χ4n) is 1.24. The van der Waals surface area contributed by atoms with E-state index in [0.29, 0.717) is 12.3 Å². The fourth-order valence-corrected chi connectivity index (χ4v) is 1.64. The summed E-state index contributed by atoms with van der Waals surface area (Å²) in [6.45, 7) is 4.18. The summed E-state index contributed by atoms with van der Waals surface area (Å²) in [6.07, 6.45) is 1.62. The topological polar surface area (TPSA) is 29.1 Å². The zero-order chi connectivity index (χ0) is 11.3. The Morgan fingerprint density at radius 2 is 2.27 bits per heavy atom. The smallest absolute Gasteiger partial charge is 0.224 e. The SMILES string of the molecule is CCC(C)CC(=O)Nc1cccc(Br)c1. The molecule has 1 aromatic carbocycles. The van der Waals surface area contributed by atoms with Gasteiger partial charge in [0.25, 0.3) is 0 Å². The first kappa shape index (κ1) is 12.2. The number of anilines is 1. The predicted molar refractivity (Wildman–Crippen MR) is 66.8 cm³/mol. The average molecular weight is 270 g/mol. The molecule has 0 bridgehead atoms. The lowest BCUT2D eigenvalue weighted by atomic mass is 10.1. The van der Waals surface area contributed by atoms with Gasteiger partial charge in [-0.3, -0.25) is 4.79 Å². The molecule has 3 heteroatoms. The molecule has 1 rings (SSSR count).